The van der Waals surface area contributed by atoms with Crippen molar-refractivity contribution in [2.75, 3.05) is 18.5 Å². The maximum absolute atomic E-state index is 11.7. The molecule has 0 radical (unpaired) electrons. The molecular formula is C10H13F3N4O3. The third-order valence-electron chi connectivity index (χ3n) is 1.96. The molecule has 0 spiro atoms. The van der Waals surface area contributed by atoms with E-state index < -0.39 is 24.8 Å². The molecule has 20 heavy (non-hydrogen) atoms. The highest BCUT2D eigenvalue weighted by atomic mass is 19.4. The summed E-state index contributed by atoms with van der Waals surface area (Å²) in [6, 6.07) is 1.60. The molecule has 0 atom stereocenters. The number of carbonyl (C=O) groups excluding carboxylic acids is 2. The van der Waals surface area contributed by atoms with Gasteiger partial charge in [0.05, 0.1) is 0 Å². The molecule has 0 aliphatic carbocycles. The number of nitrogens with one attached hydrogen (secondary N) is 3. The summed E-state index contributed by atoms with van der Waals surface area (Å²) in [4.78, 5) is 22.2. The Morgan fingerprint density at radius 3 is 2.70 bits per heavy atom. The molecule has 1 heterocycles. The summed E-state index contributed by atoms with van der Waals surface area (Å²) in [5, 5.41) is 10.8. The van der Waals surface area contributed by atoms with Crippen molar-refractivity contribution in [2.24, 2.45) is 0 Å². The van der Waals surface area contributed by atoms with E-state index in [4.69, 9.17) is 0 Å². The van der Waals surface area contributed by atoms with E-state index >= 15 is 0 Å². The minimum absolute atomic E-state index is 0.118. The van der Waals surface area contributed by atoms with Crippen molar-refractivity contribution in [2.45, 2.75) is 19.5 Å². The number of anilines is 1. The zero-order chi connectivity index (χ0) is 15.2. The smallest absolute Gasteiger partial charge is 0.422 e. The lowest BCUT2D eigenvalue weighted by atomic mass is 10.4. The van der Waals surface area contributed by atoms with Crippen molar-refractivity contribution in [3.8, 4) is 0 Å². The predicted octanol–water partition coefficient (Wildman–Crippen LogP) is 1.34. The fourth-order valence-electron chi connectivity index (χ4n) is 1.16. The number of hydrogen-bond acceptors (Lipinski definition) is 4. The van der Waals surface area contributed by atoms with Gasteiger partial charge in [0.25, 0.3) is 0 Å². The summed E-state index contributed by atoms with van der Waals surface area (Å²) in [6.45, 7) is -0.0651. The van der Waals surface area contributed by atoms with E-state index in [2.05, 4.69) is 20.3 Å². The first-order chi connectivity index (χ1) is 9.26. The highest BCUT2D eigenvalue weighted by molar-refractivity contribution is 5.90. The van der Waals surface area contributed by atoms with Gasteiger partial charge in [-0.2, -0.15) is 18.3 Å². The van der Waals surface area contributed by atoms with Crippen LogP contribution < -0.4 is 10.6 Å². The van der Waals surface area contributed by atoms with Gasteiger partial charge in [-0.1, -0.05) is 0 Å². The predicted molar refractivity (Wildman–Crippen MR) is 62.0 cm³/mol. The van der Waals surface area contributed by atoms with Crippen molar-refractivity contribution in [1.82, 2.24) is 15.5 Å². The molecule has 1 rings (SSSR count). The number of aromatic nitrogens is 2. The number of nitrogens with zero attached hydrogens (tertiary/aromatic N) is 1. The van der Waals surface area contributed by atoms with Crippen LogP contribution in [0, 0.1) is 6.92 Å². The second-order valence-electron chi connectivity index (χ2n) is 3.85. The van der Waals surface area contributed by atoms with Gasteiger partial charge in [0, 0.05) is 24.7 Å². The Morgan fingerprint density at radius 1 is 1.45 bits per heavy atom. The summed E-state index contributed by atoms with van der Waals surface area (Å²) in [5.74, 6) is -0.111. The first-order valence-corrected chi connectivity index (χ1v) is 5.55. The lowest BCUT2D eigenvalue weighted by molar-refractivity contribution is -0.160. The minimum atomic E-state index is -4.58. The van der Waals surface area contributed by atoms with Gasteiger partial charge < -0.3 is 15.4 Å². The molecule has 0 bridgehead atoms. The number of H-pyrrole nitrogens is 1. The van der Waals surface area contributed by atoms with Gasteiger partial charge in [0.15, 0.2) is 12.4 Å². The molecule has 3 N–H and O–H groups in total. The number of halogens is 3. The maximum atomic E-state index is 11.7. The van der Waals surface area contributed by atoms with Gasteiger partial charge in [0.2, 0.25) is 5.91 Å². The van der Waals surface area contributed by atoms with Crippen LogP contribution in [-0.2, 0) is 9.53 Å². The van der Waals surface area contributed by atoms with Crippen LogP contribution in [0.15, 0.2) is 6.07 Å². The zero-order valence-electron chi connectivity index (χ0n) is 10.5. The second kappa shape index (κ2) is 6.78. The van der Waals surface area contributed by atoms with Crippen molar-refractivity contribution in [1.29, 1.82) is 0 Å². The number of aromatic amines is 1. The van der Waals surface area contributed by atoms with Crippen LogP contribution in [0.2, 0.25) is 0 Å². The first-order valence-electron chi connectivity index (χ1n) is 5.55. The lowest BCUT2D eigenvalue weighted by Gasteiger charge is -2.08. The lowest BCUT2D eigenvalue weighted by Crippen LogP contribution is -2.31. The summed E-state index contributed by atoms with van der Waals surface area (Å²) in [5.41, 5.74) is 0.758. The average molecular weight is 294 g/mol. The van der Waals surface area contributed by atoms with Crippen molar-refractivity contribution < 1.29 is 27.5 Å². The van der Waals surface area contributed by atoms with Gasteiger partial charge in [0.1, 0.15) is 0 Å². The Bertz CT molecular complexity index is 473. The molecule has 0 aromatic carbocycles. The monoisotopic (exact) mass is 294 g/mol. The molecule has 0 aliphatic heterocycles. The van der Waals surface area contributed by atoms with Gasteiger partial charge in [-0.3, -0.25) is 9.89 Å². The summed E-state index contributed by atoms with van der Waals surface area (Å²) in [6.07, 6.45) is -5.93. The Labute approximate surface area is 111 Å². The van der Waals surface area contributed by atoms with E-state index in [9.17, 15) is 22.8 Å². The van der Waals surface area contributed by atoms with Crippen molar-refractivity contribution in [3.05, 3.63) is 11.8 Å². The second-order valence-corrected chi connectivity index (χ2v) is 3.85. The Hall–Kier alpha value is -2.26. The third-order valence-corrected chi connectivity index (χ3v) is 1.96. The number of ether oxygens (including phenoxy) is 1. The molecule has 10 heteroatoms. The SMILES string of the molecule is Cc1cc(NC(=O)CCNC(=O)OCC(F)(F)F)n[nH]1. The molecule has 0 fully saturated rings. The van der Waals surface area contributed by atoms with E-state index in [0.717, 1.165) is 5.69 Å². The van der Waals surface area contributed by atoms with Gasteiger partial charge >= 0.3 is 12.3 Å². The van der Waals surface area contributed by atoms with E-state index in [1.165, 1.54) is 0 Å². The van der Waals surface area contributed by atoms with E-state index in [1.807, 2.05) is 5.32 Å². The van der Waals surface area contributed by atoms with Crippen LogP contribution in [0.5, 0.6) is 0 Å². The Morgan fingerprint density at radius 2 is 2.15 bits per heavy atom. The van der Waals surface area contributed by atoms with E-state index in [-0.39, 0.29) is 13.0 Å². The van der Waals surface area contributed by atoms with Crippen molar-refractivity contribution >= 4 is 17.8 Å². The fourth-order valence-corrected chi connectivity index (χ4v) is 1.16. The average Bonchev–Trinajstić information content (AvgIpc) is 2.71. The Balaban J connectivity index is 2.17. The Kier molecular flexibility index (Phi) is 5.35. The molecule has 0 saturated heterocycles. The number of carbonyl (C=O) groups is 2. The molecule has 1 aromatic rings. The molecule has 1 aromatic heterocycles. The van der Waals surface area contributed by atoms with Crippen LogP contribution >= 0.6 is 0 Å². The standard InChI is InChI=1S/C10H13F3N4O3/c1-6-4-7(17-16-6)15-8(18)2-3-14-9(19)20-5-10(11,12)13/h4H,2-3,5H2,1H3,(H,14,19)(H2,15,16,17,18). The minimum Gasteiger partial charge on any atom is -0.440 e. The number of hydrogen-bond donors (Lipinski definition) is 3. The van der Waals surface area contributed by atoms with Crippen molar-refractivity contribution in [3.63, 3.8) is 0 Å². The molecule has 112 valence electrons. The fraction of sp³-hybridized carbons (Fsp3) is 0.500. The van der Waals surface area contributed by atoms with Crippen LogP contribution in [0.3, 0.4) is 0 Å². The number of alkyl carbamates (subject to hydrolysis) is 1. The van der Waals surface area contributed by atoms with Crippen LogP contribution in [0.4, 0.5) is 23.8 Å². The largest absolute Gasteiger partial charge is 0.440 e. The molecule has 7 nitrogen and oxygen atoms in total. The first kappa shape index (κ1) is 15.8. The number of rotatable bonds is 5. The third kappa shape index (κ3) is 6.61. The van der Waals surface area contributed by atoms with Crippen LogP contribution in [0.25, 0.3) is 0 Å². The topological polar surface area (TPSA) is 96.1 Å². The van der Waals surface area contributed by atoms with Gasteiger partial charge in [-0.05, 0) is 6.92 Å². The number of alkyl halides is 3. The summed E-state index contributed by atoms with van der Waals surface area (Å²) >= 11 is 0. The normalized spacial score (nSPS) is 11.0. The molecule has 0 saturated carbocycles. The van der Waals surface area contributed by atoms with E-state index in [0.29, 0.717) is 5.82 Å². The molecule has 2 amide bonds. The maximum Gasteiger partial charge on any atom is 0.422 e. The van der Waals surface area contributed by atoms with Gasteiger partial charge in [-0.15, -0.1) is 0 Å². The molecule has 0 aliphatic rings. The van der Waals surface area contributed by atoms with Crippen LogP contribution in [0.1, 0.15) is 12.1 Å². The zero-order valence-corrected chi connectivity index (χ0v) is 10.5. The van der Waals surface area contributed by atoms with Crippen LogP contribution in [-0.4, -0.2) is 41.5 Å². The summed E-state index contributed by atoms with van der Waals surface area (Å²) < 4.78 is 39.1. The molecular weight excluding hydrogens is 281 g/mol. The molecule has 0 unspecified atom stereocenters. The van der Waals surface area contributed by atoms with E-state index in [1.54, 1.807) is 13.0 Å². The number of aryl methyl sites for hydroxylation is 1. The number of amides is 2. The highest BCUT2D eigenvalue weighted by Gasteiger charge is 2.29. The quantitative estimate of drug-likeness (QED) is 0.763. The van der Waals surface area contributed by atoms with Gasteiger partial charge in [-0.25, -0.2) is 4.79 Å². The highest BCUT2D eigenvalue weighted by Crippen LogP contribution is 2.14. The summed E-state index contributed by atoms with van der Waals surface area (Å²) in [7, 11) is 0.